The van der Waals surface area contributed by atoms with E-state index in [1.165, 1.54) is 0 Å². The minimum atomic E-state index is -1.52. The van der Waals surface area contributed by atoms with Gasteiger partial charge in [-0.3, -0.25) is 9.59 Å². The molecule has 35 heavy (non-hydrogen) atoms. The van der Waals surface area contributed by atoms with Crippen LogP contribution in [0.1, 0.15) is 73.6 Å². The van der Waals surface area contributed by atoms with Gasteiger partial charge >= 0.3 is 0 Å². The third kappa shape index (κ3) is 3.27. The largest absolute Gasteiger partial charge is 0.393 e. The van der Waals surface area contributed by atoms with Crippen molar-refractivity contribution in [3.05, 3.63) is 11.6 Å². The van der Waals surface area contributed by atoms with Crippen molar-refractivity contribution in [2.24, 2.45) is 40.4 Å². The van der Waals surface area contributed by atoms with Crippen LogP contribution in [0, 0.1) is 40.4 Å². The summed E-state index contributed by atoms with van der Waals surface area (Å²) >= 11 is 0. The van der Waals surface area contributed by atoms with Crippen LogP contribution in [0.5, 0.6) is 0 Å². The third-order valence-corrected chi connectivity index (χ3v) is 11.3. The average Bonchev–Trinajstić information content (AvgIpc) is 3.52. The van der Waals surface area contributed by atoms with E-state index in [1.54, 1.807) is 20.8 Å². The number of Topliss-reactive ketones (excluding diaryl/α,β-unsaturated/α-hetero) is 2. The Hall–Kier alpha value is -1.12. The molecule has 4 fully saturated rings. The first-order chi connectivity index (χ1) is 16.1. The number of carbonyl (C=O) groups excluding carboxylic acids is 2. The van der Waals surface area contributed by atoms with Gasteiger partial charge in [0.05, 0.1) is 29.5 Å². The van der Waals surface area contributed by atoms with Crippen LogP contribution in [0.15, 0.2) is 11.6 Å². The monoisotopic (exact) mass is 490 g/mol. The zero-order chi connectivity index (χ0) is 25.9. The number of ether oxygens (including phenoxy) is 1. The maximum atomic E-state index is 13.9. The van der Waals surface area contributed by atoms with E-state index in [0.717, 1.165) is 0 Å². The van der Waals surface area contributed by atoms with Crippen LogP contribution >= 0.6 is 0 Å². The predicted octanol–water partition coefficient (Wildman–Crippen LogP) is 2.18. The van der Waals surface area contributed by atoms with E-state index >= 15 is 0 Å². The SMILES string of the molecule is C[C@H]([C@@H]1O[C@@H]1[C@H](C)C(C)(C)O)[C@H]1[C@@H](O)C[C@]2(O)C3=CC[C@H]4CC(=O)CC[C@]4(C)[C@H]3C(=O)[C@H](O)[C@]12C. The molecule has 3 saturated carbocycles. The van der Waals surface area contributed by atoms with Crippen LogP contribution in [-0.2, 0) is 14.3 Å². The Bertz CT molecular complexity index is 967. The molecular weight excluding hydrogens is 448 g/mol. The van der Waals surface area contributed by atoms with Gasteiger partial charge in [0.1, 0.15) is 11.9 Å². The van der Waals surface area contributed by atoms with Gasteiger partial charge in [0.15, 0.2) is 5.78 Å². The Morgan fingerprint density at radius 1 is 1.14 bits per heavy atom. The zero-order valence-corrected chi connectivity index (χ0v) is 21.8. The summed E-state index contributed by atoms with van der Waals surface area (Å²) in [4.78, 5) is 26.1. The van der Waals surface area contributed by atoms with Crippen molar-refractivity contribution in [1.82, 2.24) is 0 Å². The molecule has 0 spiro atoms. The fourth-order valence-electron chi connectivity index (χ4n) is 8.66. The fraction of sp³-hybridized carbons (Fsp3) is 0.857. The highest BCUT2D eigenvalue weighted by Gasteiger charge is 2.75. The summed E-state index contributed by atoms with van der Waals surface area (Å²) in [5.41, 5.74) is -3.57. The van der Waals surface area contributed by atoms with E-state index < -0.39 is 46.1 Å². The van der Waals surface area contributed by atoms with Crippen LogP contribution in [0.25, 0.3) is 0 Å². The van der Waals surface area contributed by atoms with E-state index in [1.807, 2.05) is 26.8 Å². The molecular formula is C28H42O7. The highest BCUT2D eigenvalue weighted by molar-refractivity contribution is 5.93. The molecule has 12 atom stereocenters. The Balaban J connectivity index is 1.51. The number of hydrogen-bond acceptors (Lipinski definition) is 7. The van der Waals surface area contributed by atoms with Crippen molar-refractivity contribution in [3.8, 4) is 0 Å². The normalized spacial score (nSPS) is 51.1. The topological polar surface area (TPSA) is 128 Å². The molecule has 7 nitrogen and oxygen atoms in total. The van der Waals surface area contributed by atoms with Crippen molar-refractivity contribution in [1.29, 1.82) is 0 Å². The van der Waals surface area contributed by atoms with Gasteiger partial charge in [-0.2, -0.15) is 0 Å². The summed E-state index contributed by atoms with van der Waals surface area (Å²) in [6.45, 7) is 11.2. The van der Waals surface area contributed by atoms with Crippen LogP contribution < -0.4 is 0 Å². The third-order valence-electron chi connectivity index (χ3n) is 11.3. The summed E-state index contributed by atoms with van der Waals surface area (Å²) in [5.74, 6) is -1.64. The second-order valence-electron chi connectivity index (χ2n) is 13.4. The van der Waals surface area contributed by atoms with Crippen molar-refractivity contribution in [2.45, 2.75) is 109 Å². The molecule has 4 N–H and O–H groups in total. The lowest BCUT2D eigenvalue weighted by atomic mass is 9.45. The summed E-state index contributed by atoms with van der Waals surface area (Å²) in [6, 6.07) is 0. The highest BCUT2D eigenvalue weighted by atomic mass is 16.6. The zero-order valence-electron chi connectivity index (χ0n) is 21.8. The molecule has 1 aliphatic heterocycles. The number of aliphatic hydroxyl groups is 4. The molecule has 0 radical (unpaired) electrons. The van der Waals surface area contributed by atoms with Crippen LogP contribution in [0.4, 0.5) is 0 Å². The van der Waals surface area contributed by atoms with Crippen molar-refractivity contribution >= 4 is 11.6 Å². The Morgan fingerprint density at radius 3 is 2.43 bits per heavy atom. The first kappa shape index (κ1) is 25.5. The standard InChI is InChI=1S/C28H42O7/c1-13(22-23(35-22)14(2)25(3,4)33)19-18(30)12-28(34)17-8-7-15-11-16(29)9-10-26(15,5)20(17)21(31)24(32)27(19,28)6/h8,13-15,18-20,22-24,30,32-34H,7,9-12H2,1-6H3/t13-,14-,15-,18-,19-,20+,22-,23+,24-,26-,27-,28-/m0/s1. The Kier molecular flexibility index (Phi) is 5.62. The van der Waals surface area contributed by atoms with Crippen molar-refractivity contribution < 1.29 is 34.8 Å². The Labute approximate surface area is 207 Å². The predicted molar refractivity (Wildman–Crippen MR) is 128 cm³/mol. The number of rotatable bonds is 4. The van der Waals surface area contributed by atoms with Crippen LogP contribution in [0.2, 0.25) is 0 Å². The smallest absolute Gasteiger partial charge is 0.169 e. The maximum Gasteiger partial charge on any atom is 0.169 e. The van der Waals surface area contributed by atoms with Gasteiger partial charge in [0.2, 0.25) is 0 Å². The van der Waals surface area contributed by atoms with Gasteiger partial charge in [-0.05, 0) is 49.5 Å². The van der Waals surface area contributed by atoms with Gasteiger partial charge in [0, 0.05) is 42.4 Å². The Morgan fingerprint density at radius 2 is 1.80 bits per heavy atom. The number of hydrogen-bond donors (Lipinski definition) is 4. The minimum Gasteiger partial charge on any atom is -0.393 e. The molecule has 196 valence electrons. The van der Waals surface area contributed by atoms with E-state index in [0.29, 0.717) is 31.3 Å². The number of fused-ring (bicyclic) bond motifs is 5. The first-order valence-electron chi connectivity index (χ1n) is 13.3. The summed E-state index contributed by atoms with van der Waals surface area (Å²) in [7, 11) is 0. The number of ketones is 2. The van der Waals surface area contributed by atoms with Crippen LogP contribution in [-0.4, -0.2) is 67.6 Å². The minimum absolute atomic E-state index is 0.0200. The molecule has 0 aromatic rings. The molecule has 4 aliphatic carbocycles. The molecule has 5 aliphatic rings. The van der Waals surface area contributed by atoms with Gasteiger partial charge in [-0.25, -0.2) is 0 Å². The lowest BCUT2D eigenvalue weighted by molar-refractivity contribution is -0.183. The molecule has 5 rings (SSSR count). The molecule has 0 unspecified atom stereocenters. The molecule has 0 aromatic heterocycles. The van der Waals surface area contributed by atoms with Crippen molar-refractivity contribution in [3.63, 3.8) is 0 Å². The number of allylic oxidation sites excluding steroid dienone is 1. The van der Waals surface area contributed by atoms with Gasteiger partial charge in [-0.1, -0.05) is 33.8 Å². The number of carbonyl (C=O) groups is 2. The summed E-state index contributed by atoms with van der Waals surface area (Å²) in [6.07, 6.45) is 1.25. The van der Waals surface area contributed by atoms with Crippen LogP contribution in [0.3, 0.4) is 0 Å². The maximum absolute atomic E-state index is 13.9. The van der Waals surface area contributed by atoms with Gasteiger partial charge < -0.3 is 25.2 Å². The average molecular weight is 491 g/mol. The summed E-state index contributed by atoms with van der Waals surface area (Å²) in [5, 5.41) is 45.7. The summed E-state index contributed by atoms with van der Waals surface area (Å²) < 4.78 is 5.99. The molecule has 0 amide bonds. The van der Waals surface area contributed by atoms with E-state index in [2.05, 4.69) is 0 Å². The quantitative estimate of drug-likeness (QED) is 0.351. The first-order valence-corrected chi connectivity index (χ1v) is 13.3. The highest BCUT2D eigenvalue weighted by Crippen LogP contribution is 2.68. The van der Waals surface area contributed by atoms with E-state index in [4.69, 9.17) is 4.74 Å². The lowest BCUT2D eigenvalue weighted by Crippen LogP contribution is -2.67. The molecule has 0 aromatic carbocycles. The van der Waals surface area contributed by atoms with Crippen molar-refractivity contribution in [2.75, 3.05) is 0 Å². The molecule has 0 bridgehead atoms. The van der Waals surface area contributed by atoms with E-state index in [9.17, 15) is 30.0 Å². The molecule has 7 heteroatoms. The van der Waals surface area contributed by atoms with Gasteiger partial charge in [0.25, 0.3) is 0 Å². The lowest BCUT2D eigenvalue weighted by Gasteiger charge is -2.60. The van der Waals surface area contributed by atoms with Gasteiger partial charge in [-0.15, -0.1) is 0 Å². The number of epoxide rings is 1. The number of aliphatic hydroxyl groups excluding tert-OH is 2. The second kappa shape index (κ2) is 7.70. The van der Waals surface area contributed by atoms with E-state index in [-0.39, 0.29) is 47.9 Å². The second-order valence-corrected chi connectivity index (χ2v) is 13.4. The molecule has 1 heterocycles. The molecule has 1 saturated heterocycles. The fourth-order valence-corrected chi connectivity index (χ4v) is 8.66.